The highest BCUT2D eigenvalue weighted by molar-refractivity contribution is 5.96. The van der Waals surface area contributed by atoms with E-state index in [-0.39, 0.29) is 5.78 Å². The predicted molar refractivity (Wildman–Crippen MR) is 106 cm³/mol. The van der Waals surface area contributed by atoms with Crippen molar-refractivity contribution >= 4 is 5.78 Å². The van der Waals surface area contributed by atoms with Crippen molar-refractivity contribution in [3.63, 3.8) is 0 Å². The van der Waals surface area contributed by atoms with Crippen molar-refractivity contribution < 1.29 is 4.79 Å². The van der Waals surface area contributed by atoms with Crippen LogP contribution in [0.5, 0.6) is 0 Å². The number of carbonyl (C=O) groups is 1. The molecule has 25 heavy (non-hydrogen) atoms. The maximum Gasteiger partial charge on any atom is 0.149 e. The van der Waals surface area contributed by atoms with Crippen LogP contribution < -0.4 is 0 Å². The van der Waals surface area contributed by atoms with Gasteiger partial charge in [0, 0.05) is 0 Å². The Kier molecular flexibility index (Phi) is 6.71. The van der Waals surface area contributed by atoms with Crippen LogP contribution in [0, 0.1) is 0 Å². The molecule has 128 valence electrons. The van der Waals surface area contributed by atoms with Crippen molar-refractivity contribution in [3.05, 3.63) is 108 Å². The first-order chi connectivity index (χ1) is 12.2. The molecule has 3 aromatic rings. The zero-order valence-corrected chi connectivity index (χ0v) is 15.3. The van der Waals surface area contributed by atoms with Crippen LogP contribution in [-0.4, -0.2) is 5.78 Å². The minimum absolute atomic E-state index is 0.121. The van der Waals surface area contributed by atoms with Crippen LogP contribution in [0.4, 0.5) is 0 Å². The second-order valence-electron chi connectivity index (χ2n) is 6.11. The van der Waals surface area contributed by atoms with Gasteiger partial charge in [0.25, 0.3) is 0 Å². The molecule has 0 unspecified atom stereocenters. The molecule has 0 aliphatic rings. The van der Waals surface area contributed by atoms with Crippen molar-refractivity contribution in [1.82, 2.24) is 0 Å². The summed E-state index contributed by atoms with van der Waals surface area (Å²) in [4.78, 5) is 12.9. The first-order valence-corrected chi connectivity index (χ1v) is 8.85. The minimum Gasteiger partial charge on any atom is -0.298 e. The Labute approximate surface area is 151 Å². The molecule has 0 aromatic heterocycles. The minimum atomic E-state index is -0.760. The first-order valence-electron chi connectivity index (χ1n) is 8.85. The van der Waals surface area contributed by atoms with Crippen LogP contribution >= 0.6 is 0 Å². The average Bonchev–Trinajstić information content (AvgIpc) is 2.65. The smallest absolute Gasteiger partial charge is 0.149 e. The maximum atomic E-state index is 12.9. The second-order valence-corrected chi connectivity index (χ2v) is 6.11. The quantitative estimate of drug-likeness (QED) is 0.534. The number of hydrogen-bond donors (Lipinski definition) is 0. The molecule has 0 spiro atoms. The fraction of sp³-hybridized carbons (Fsp3) is 0.208. The molecule has 0 fully saturated rings. The van der Waals surface area contributed by atoms with Crippen molar-refractivity contribution in [1.29, 1.82) is 0 Å². The van der Waals surface area contributed by atoms with Gasteiger partial charge in [-0.25, -0.2) is 0 Å². The Balaban J connectivity index is 0.000000701. The molecular weight excluding hydrogens is 304 g/mol. The molecule has 0 aliphatic carbocycles. The lowest BCUT2D eigenvalue weighted by molar-refractivity contribution is -0.119. The second kappa shape index (κ2) is 8.98. The van der Waals surface area contributed by atoms with Gasteiger partial charge < -0.3 is 0 Å². The molecule has 0 saturated heterocycles. The Morgan fingerprint density at radius 1 is 0.640 bits per heavy atom. The van der Waals surface area contributed by atoms with E-state index in [1.807, 2.05) is 91.0 Å². The van der Waals surface area contributed by atoms with E-state index in [4.69, 9.17) is 0 Å². The number of ketones is 1. The van der Waals surface area contributed by atoms with Crippen LogP contribution in [0.15, 0.2) is 91.0 Å². The summed E-state index contributed by atoms with van der Waals surface area (Å²) in [5.41, 5.74) is 2.24. The van der Waals surface area contributed by atoms with Gasteiger partial charge in [0.1, 0.15) is 11.2 Å². The monoisotopic (exact) mass is 330 g/mol. The lowest BCUT2D eigenvalue weighted by atomic mass is 9.67. The fourth-order valence-electron chi connectivity index (χ4n) is 3.17. The molecule has 0 radical (unpaired) electrons. The highest BCUT2D eigenvalue weighted by Crippen LogP contribution is 2.39. The molecule has 0 aliphatic heterocycles. The normalized spacial score (nSPS) is 10.5. The van der Waals surface area contributed by atoms with Gasteiger partial charge in [-0.05, 0) is 23.6 Å². The van der Waals surface area contributed by atoms with Crippen molar-refractivity contribution in [2.24, 2.45) is 0 Å². The number of hydrogen-bond acceptors (Lipinski definition) is 1. The maximum absolute atomic E-state index is 12.9. The van der Waals surface area contributed by atoms with Crippen LogP contribution in [0.1, 0.15) is 43.9 Å². The Bertz CT molecular complexity index is 664. The molecule has 0 saturated carbocycles. The van der Waals surface area contributed by atoms with Gasteiger partial charge in [-0.15, -0.1) is 0 Å². The van der Waals surface area contributed by atoms with Gasteiger partial charge in [0.05, 0.1) is 0 Å². The highest BCUT2D eigenvalue weighted by atomic mass is 16.1. The van der Waals surface area contributed by atoms with Crippen molar-refractivity contribution in [3.8, 4) is 0 Å². The molecule has 0 bridgehead atoms. The van der Waals surface area contributed by atoms with Crippen LogP contribution in [0.25, 0.3) is 0 Å². The van der Waals surface area contributed by atoms with Crippen LogP contribution in [0.3, 0.4) is 0 Å². The molecule has 3 aromatic carbocycles. The Hall–Kier alpha value is -2.67. The van der Waals surface area contributed by atoms with E-state index in [0.717, 1.165) is 16.7 Å². The first kappa shape index (κ1) is 18.7. The lowest BCUT2D eigenvalue weighted by Crippen LogP contribution is -2.36. The SMILES string of the molecule is CC(=O)C(c1ccccc1)(c1ccccc1)c1ccccc1.CCC. The molecule has 0 N–H and O–H groups in total. The third-order valence-corrected chi connectivity index (χ3v) is 4.15. The summed E-state index contributed by atoms with van der Waals surface area (Å²) >= 11 is 0. The van der Waals surface area contributed by atoms with Crippen LogP contribution in [0.2, 0.25) is 0 Å². The summed E-state index contributed by atoms with van der Waals surface area (Å²) in [6, 6.07) is 30.0. The molecule has 1 nitrogen and oxygen atoms in total. The molecular formula is C24H26O. The van der Waals surface area contributed by atoms with Crippen molar-refractivity contribution in [2.75, 3.05) is 0 Å². The summed E-state index contributed by atoms with van der Waals surface area (Å²) in [6.45, 7) is 5.92. The summed E-state index contributed by atoms with van der Waals surface area (Å²) in [7, 11) is 0. The van der Waals surface area contributed by atoms with E-state index < -0.39 is 5.41 Å². The average molecular weight is 330 g/mol. The van der Waals surface area contributed by atoms with Gasteiger partial charge in [0.15, 0.2) is 0 Å². The van der Waals surface area contributed by atoms with Gasteiger partial charge >= 0.3 is 0 Å². The number of benzene rings is 3. The zero-order valence-electron chi connectivity index (χ0n) is 15.3. The fourth-order valence-corrected chi connectivity index (χ4v) is 3.17. The zero-order chi connectivity index (χ0) is 18.1. The Morgan fingerprint density at radius 3 is 1.08 bits per heavy atom. The third kappa shape index (κ3) is 3.88. The van der Waals surface area contributed by atoms with E-state index in [0.29, 0.717) is 0 Å². The largest absolute Gasteiger partial charge is 0.298 e. The molecule has 0 amide bonds. The van der Waals surface area contributed by atoms with Gasteiger partial charge in [0.2, 0.25) is 0 Å². The standard InChI is InChI=1S/C21H18O.C3H8/c1-17(22)21(18-11-5-2-6-12-18,19-13-7-3-8-14-19)20-15-9-4-10-16-20;1-3-2/h2-16H,1H3;3H2,1-2H3. The van der Waals surface area contributed by atoms with Gasteiger partial charge in [-0.1, -0.05) is 111 Å². The van der Waals surface area contributed by atoms with E-state index in [1.54, 1.807) is 6.92 Å². The molecule has 0 heterocycles. The summed E-state index contributed by atoms with van der Waals surface area (Å²) in [5.74, 6) is 0.121. The number of Topliss-reactive ketones (excluding diaryl/α,β-unsaturated/α-hetero) is 1. The molecule has 3 rings (SSSR count). The molecule has 0 atom stereocenters. The topological polar surface area (TPSA) is 17.1 Å². The van der Waals surface area contributed by atoms with E-state index in [9.17, 15) is 4.79 Å². The Morgan fingerprint density at radius 2 is 0.880 bits per heavy atom. The summed E-state index contributed by atoms with van der Waals surface area (Å²) in [5, 5.41) is 0. The third-order valence-electron chi connectivity index (χ3n) is 4.15. The highest BCUT2D eigenvalue weighted by Gasteiger charge is 2.40. The number of rotatable bonds is 4. The molecule has 1 heteroatoms. The lowest BCUT2D eigenvalue weighted by Gasteiger charge is -2.33. The van der Waals surface area contributed by atoms with Gasteiger partial charge in [-0.3, -0.25) is 4.79 Å². The van der Waals surface area contributed by atoms with E-state index >= 15 is 0 Å². The number of carbonyl (C=O) groups excluding carboxylic acids is 1. The summed E-state index contributed by atoms with van der Waals surface area (Å²) < 4.78 is 0. The van der Waals surface area contributed by atoms with Gasteiger partial charge in [-0.2, -0.15) is 0 Å². The van der Waals surface area contributed by atoms with E-state index in [2.05, 4.69) is 13.8 Å². The summed E-state index contributed by atoms with van der Waals surface area (Å²) in [6.07, 6.45) is 1.25. The van der Waals surface area contributed by atoms with Crippen molar-refractivity contribution in [2.45, 2.75) is 32.6 Å². The van der Waals surface area contributed by atoms with Crippen LogP contribution in [-0.2, 0) is 10.2 Å². The van der Waals surface area contributed by atoms with E-state index in [1.165, 1.54) is 6.42 Å². The predicted octanol–water partition coefficient (Wildman–Crippen LogP) is 6.03.